The summed E-state index contributed by atoms with van der Waals surface area (Å²) in [6, 6.07) is 7.93. The summed E-state index contributed by atoms with van der Waals surface area (Å²) in [6.07, 6.45) is 14.1. The number of carbonyl (C=O) groups is 2. The number of carboxylic acids is 2. The number of carboxylic acid groups (broad SMARTS) is 2. The van der Waals surface area contributed by atoms with Gasteiger partial charge in [-0.1, -0.05) is 18.2 Å². The van der Waals surface area contributed by atoms with E-state index in [2.05, 4.69) is 4.98 Å². The molecule has 2 unspecified atom stereocenters. The smallest absolute Gasteiger partial charge is 0.331 e. The highest BCUT2D eigenvalue weighted by molar-refractivity contribution is 5.91. The van der Waals surface area contributed by atoms with Crippen LogP contribution < -0.4 is 0 Å². The van der Waals surface area contributed by atoms with Gasteiger partial charge in [-0.15, -0.1) is 0 Å². The molecule has 0 spiro atoms. The summed E-state index contributed by atoms with van der Waals surface area (Å²) >= 11 is 0. The van der Waals surface area contributed by atoms with Crippen LogP contribution in [-0.2, 0) is 9.59 Å². The van der Waals surface area contributed by atoms with Gasteiger partial charge in [0.25, 0.3) is 0 Å². The van der Waals surface area contributed by atoms with Crippen molar-refractivity contribution >= 4 is 11.9 Å². The van der Waals surface area contributed by atoms with Crippen molar-refractivity contribution < 1.29 is 19.8 Å². The van der Waals surface area contributed by atoms with E-state index in [0.717, 1.165) is 18.5 Å². The second-order valence-corrected chi connectivity index (χ2v) is 6.99. The van der Waals surface area contributed by atoms with Crippen LogP contribution in [0.3, 0.4) is 0 Å². The van der Waals surface area contributed by atoms with E-state index in [9.17, 15) is 14.7 Å². The van der Waals surface area contributed by atoms with Crippen molar-refractivity contribution in [2.75, 3.05) is 0 Å². The zero-order valence-electron chi connectivity index (χ0n) is 15.0. The Morgan fingerprint density at radius 2 is 1.89 bits per heavy atom. The van der Waals surface area contributed by atoms with E-state index in [0.29, 0.717) is 0 Å². The lowest BCUT2D eigenvalue weighted by atomic mass is 9.68. The number of rotatable bonds is 4. The minimum absolute atomic E-state index is 0.202. The lowest BCUT2D eigenvalue weighted by molar-refractivity contribution is -0.148. The summed E-state index contributed by atoms with van der Waals surface area (Å²) < 4.78 is 2.02. The summed E-state index contributed by atoms with van der Waals surface area (Å²) in [6.45, 7) is 1.60. The summed E-state index contributed by atoms with van der Waals surface area (Å²) in [5.41, 5.74) is 0.247. The van der Waals surface area contributed by atoms with Crippen molar-refractivity contribution in [1.82, 2.24) is 9.55 Å². The second-order valence-electron chi connectivity index (χ2n) is 6.99. The van der Waals surface area contributed by atoms with Gasteiger partial charge in [-0.25, -0.2) is 4.79 Å². The molecule has 0 aliphatic heterocycles. The number of hydrogen-bond acceptors (Lipinski definition) is 3. The van der Waals surface area contributed by atoms with Gasteiger partial charge in [0.1, 0.15) is 0 Å². The van der Waals surface area contributed by atoms with Gasteiger partial charge in [0.05, 0.1) is 17.3 Å². The molecule has 140 valence electrons. The molecule has 1 saturated carbocycles. The zero-order chi connectivity index (χ0) is 19.4. The normalized spacial score (nSPS) is 23.7. The molecule has 27 heavy (non-hydrogen) atoms. The topological polar surface area (TPSA) is 92.4 Å². The average Bonchev–Trinajstić information content (AvgIpc) is 3.34. The number of allylic oxidation sites excluding steroid dienone is 2. The average molecular weight is 366 g/mol. The van der Waals surface area contributed by atoms with Gasteiger partial charge in [-0.05, 0) is 49.9 Å². The fraction of sp³-hybridized carbons (Fsp3) is 0.286. The van der Waals surface area contributed by atoms with Crippen LogP contribution >= 0.6 is 0 Å². The monoisotopic (exact) mass is 366 g/mol. The first kappa shape index (κ1) is 18.6. The largest absolute Gasteiger partial charge is 0.481 e. The maximum absolute atomic E-state index is 11.3. The van der Waals surface area contributed by atoms with Crippen LogP contribution in [0.1, 0.15) is 19.8 Å². The Labute approximate surface area is 157 Å². The van der Waals surface area contributed by atoms with Gasteiger partial charge in [0.15, 0.2) is 0 Å². The van der Waals surface area contributed by atoms with E-state index in [-0.39, 0.29) is 11.5 Å². The second kappa shape index (κ2) is 7.61. The molecule has 0 aromatic carbocycles. The lowest BCUT2D eigenvalue weighted by Crippen LogP contribution is -2.39. The van der Waals surface area contributed by atoms with Crippen molar-refractivity contribution in [3.8, 4) is 5.69 Å². The van der Waals surface area contributed by atoms with E-state index >= 15 is 0 Å². The molecule has 4 rings (SSSR count). The fourth-order valence-corrected chi connectivity index (χ4v) is 3.48. The van der Waals surface area contributed by atoms with Crippen LogP contribution in [0.2, 0.25) is 0 Å². The van der Waals surface area contributed by atoms with Crippen LogP contribution in [0.25, 0.3) is 5.69 Å². The minimum Gasteiger partial charge on any atom is -0.481 e. The Hall–Kier alpha value is -3.15. The molecule has 2 aromatic heterocycles. The van der Waals surface area contributed by atoms with Crippen molar-refractivity contribution in [2.45, 2.75) is 19.8 Å². The highest BCUT2D eigenvalue weighted by Crippen LogP contribution is 2.51. The van der Waals surface area contributed by atoms with Crippen LogP contribution in [0.5, 0.6) is 0 Å². The van der Waals surface area contributed by atoms with Crippen molar-refractivity contribution in [3.63, 3.8) is 0 Å². The Morgan fingerprint density at radius 1 is 1.19 bits per heavy atom. The number of nitrogens with zero attached hydrogens (tertiary/aromatic N) is 2. The molecular formula is C21H22N2O4. The first-order chi connectivity index (χ1) is 12.9. The van der Waals surface area contributed by atoms with Crippen molar-refractivity contribution in [1.29, 1.82) is 0 Å². The predicted molar refractivity (Wildman–Crippen MR) is 100 cm³/mol. The van der Waals surface area contributed by atoms with Crippen molar-refractivity contribution in [3.05, 3.63) is 72.9 Å². The van der Waals surface area contributed by atoms with E-state index in [1.165, 1.54) is 12.2 Å². The molecule has 6 heteroatoms. The first-order valence-electron chi connectivity index (χ1n) is 8.83. The Balaban J connectivity index is 0.000000166. The first-order valence-corrected chi connectivity index (χ1v) is 8.83. The van der Waals surface area contributed by atoms with Gasteiger partial charge in [-0.2, -0.15) is 0 Å². The molecule has 0 saturated heterocycles. The third kappa shape index (κ3) is 4.00. The molecule has 2 aromatic rings. The Bertz CT molecular complexity index is 867. The van der Waals surface area contributed by atoms with Gasteiger partial charge >= 0.3 is 11.9 Å². The van der Waals surface area contributed by atoms with Crippen molar-refractivity contribution in [2.24, 2.45) is 17.3 Å². The molecule has 2 atom stereocenters. The predicted octanol–water partition coefficient (Wildman–Crippen LogP) is 3.56. The highest BCUT2D eigenvalue weighted by atomic mass is 16.4. The molecule has 0 amide bonds. The molecular weight excluding hydrogens is 344 g/mol. The maximum atomic E-state index is 11.3. The Morgan fingerprint density at radius 3 is 2.41 bits per heavy atom. The minimum atomic E-state index is -1.08. The van der Waals surface area contributed by atoms with Gasteiger partial charge in [0.2, 0.25) is 0 Å². The summed E-state index contributed by atoms with van der Waals surface area (Å²) in [7, 11) is 0. The Kier molecular flexibility index (Phi) is 5.26. The number of aliphatic carboxylic acids is 2. The number of pyridine rings is 1. The zero-order valence-corrected chi connectivity index (χ0v) is 15.0. The third-order valence-electron chi connectivity index (χ3n) is 5.05. The molecule has 2 N–H and O–H groups in total. The molecule has 2 heterocycles. The molecule has 0 radical (unpaired) electrons. The number of aromatic nitrogens is 2. The van der Waals surface area contributed by atoms with Crippen LogP contribution in [0.15, 0.2) is 72.9 Å². The SMILES string of the molecule is CC1(C(=O)O)C=CC=C(C(=O)O)C1C1CC1.c1cncc(-n2cccc2)c1. The van der Waals surface area contributed by atoms with Gasteiger partial charge in [0, 0.05) is 30.1 Å². The van der Waals surface area contributed by atoms with Crippen LogP contribution in [0.4, 0.5) is 0 Å². The third-order valence-corrected chi connectivity index (χ3v) is 5.05. The van der Waals surface area contributed by atoms with Crippen LogP contribution in [-0.4, -0.2) is 31.7 Å². The fourth-order valence-electron chi connectivity index (χ4n) is 3.48. The summed E-state index contributed by atoms with van der Waals surface area (Å²) in [4.78, 5) is 26.4. The molecule has 2 aliphatic carbocycles. The summed E-state index contributed by atoms with van der Waals surface area (Å²) in [5.74, 6) is -2.15. The molecule has 0 bridgehead atoms. The lowest BCUT2D eigenvalue weighted by Gasteiger charge is -2.34. The molecule has 6 nitrogen and oxygen atoms in total. The summed E-state index contributed by atoms with van der Waals surface area (Å²) in [5, 5.41) is 18.4. The quantitative estimate of drug-likeness (QED) is 0.863. The molecule has 1 fully saturated rings. The van der Waals surface area contributed by atoms with E-state index in [1.54, 1.807) is 19.2 Å². The van der Waals surface area contributed by atoms with Gasteiger partial charge < -0.3 is 14.8 Å². The highest BCUT2D eigenvalue weighted by Gasteiger charge is 2.51. The van der Waals surface area contributed by atoms with E-state index < -0.39 is 23.3 Å². The van der Waals surface area contributed by atoms with E-state index in [1.807, 2.05) is 47.4 Å². The van der Waals surface area contributed by atoms with Crippen LogP contribution in [0, 0.1) is 17.3 Å². The standard InChI is InChI=1S/C12H14O4.C9H8N2/c1-12(11(15)16)6-2-3-8(10(13)14)9(12)7-4-5-7;1-2-7-11(6-1)9-4-3-5-10-8-9/h2-3,6-7,9H,4-5H2,1H3,(H,13,14)(H,15,16);1-8H. The maximum Gasteiger partial charge on any atom is 0.331 e. The number of hydrogen-bond donors (Lipinski definition) is 2. The van der Waals surface area contributed by atoms with Gasteiger partial charge in [-0.3, -0.25) is 9.78 Å². The molecule has 2 aliphatic rings. The van der Waals surface area contributed by atoms with E-state index in [4.69, 9.17) is 5.11 Å².